The van der Waals surface area contributed by atoms with E-state index in [4.69, 9.17) is 5.73 Å². The largest absolute Gasteiger partial charge is 0.353 e. The van der Waals surface area contributed by atoms with Crippen LogP contribution in [0.25, 0.3) is 0 Å². The second-order valence-electron chi connectivity index (χ2n) is 5.94. The van der Waals surface area contributed by atoms with Crippen LogP contribution in [0.2, 0.25) is 0 Å². The molecular formula is C16H22N2O. The van der Waals surface area contributed by atoms with Crippen LogP contribution in [-0.4, -0.2) is 18.5 Å². The topological polar surface area (TPSA) is 55.1 Å². The Morgan fingerprint density at radius 2 is 1.89 bits per heavy atom. The fourth-order valence-corrected chi connectivity index (χ4v) is 2.46. The van der Waals surface area contributed by atoms with Crippen molar-refractivity contribution in [2.45, 2.75) is 44.1 Å². The Morgan fingerprint density at radius 3 is 2.42 bits per heavy atom. The smallest absolute Gasteiger partial charge is 0.224 e. The molecule has 19 heavy (non-hydrogen) atoms. The summed E-state index contributed by atoms with van der Waals surface area (Å²) in [6, 6.07) is 9.14. The molecule has 2 aliphatic rings. The summed E-state index contributed by atoms with van der Waals surface area (Å²) < 4.78 is 0. The van der Waals surface area contributed by atoms with Crippen LogP contribution in [0.3, 0.4) is 0 Å². The van der Waals surface area contributed by atoms with Crippen LogP contribution in [0.15, 0.2) is 24.3 Å². The van der Waals surface area contributed by atoms with Gasteiger partial charge in [0.15, 0.2) is 0 Å². The number of benzene rings is 1. The van der Waals surface area contributed by atoms with Gasteiger partial charge >= 0.3 is 0 Å². The van der Waals surface area contributed by atoms with Gasteiger partial charge in [-0.3, -0.25) is 4.79 Å². The molecule has 1 aromatic carbocycles. The summed E-state index contributed by atoms with van der Waals surface area (Å²) in [5.41, 5.74) is 8.40. The Bertz CT molecular complexity index is 446. The lowest BCUT2D eigenvalue weighted by Gasteiger charge is -2.15. The van der Waals surface area contributed by atoms with E-state index in [2.05, 4.69) is 29.6 Å². The van der Waals surface area contributed by atoms with Crippen LogP contribution < -0.4 is 11.1 Å². The second-order valence-corrected chi connectivity index (χ2v) is 5.94. The molecule has 0 aromatic heterocycles. The van der Waals surface area contributed by atoms with E-state index in [1.54, 1.807) is 0 Å². The zero-order valence-electron chi connectivity index (χ0n) is 11.3. The van der Waals surface area contributed by atoms with E-state index in [0.29, 0.717) is 12.6 Å². The maximum Gasteiger partial charge on any atom is 0.224 e. The van der Waals surface area contributed by atoms with Gasteiger partial charge in [-0.15, -0.1) is 0 Å². The number of hydrogen-bond acceptors (Lipinski definition) is 2. The van der Waals surface area contributed by atoms with Gasteiger partial charge in [0, 0.05) is 12.6 Å². The fourth-order valence-electron chi connectivity index (χ4n) is 2.46. The third-order valence-electron chi connectivity index (χ3n) is 4.09. The van der Waals surface area contributed by atoms with Crippen molar-refractivity contribution >= 4 is 5.91 Å². The number of nitrogens with one attached hydrogen (secondary N) is 1. The quantitative estimate of drug-likeness (QED) is 0.819. The minimum Gasteiger partial charge on any atom is -0.353 e. The molecule has 0 saturated heterocycles. The van der Waals surface area contributed by atoms with E-state index in [1.165, 1.54) is 24.0 Å². The predicted molar refractivity (Wildman–Crippen MR) is 75.8 cm³/mol. The summed E-state index contributed by atoms with van der Waals surface area (Å²) in [5.74, 6) is 0.821. The summed E-state index contributed by atoms with van der Waals surface area (Å²) in [6.07, 6.45) is 5.65. The summed E-state index contributed by atoms with van der Waals surface area (Å²) >= 11 is 0. The van der Waals surface area contributed by atoms with Crippen molar-refractivity contribution in [3.8, 4) is 0 Å². The van der Waals surface area contributed by atoms with Crippen LogP contribution in [0, 0.1) is 5.92 Å². The van der Waals surface area contributed by atoms with E-state index in [-0.39, 0.29) is 11.8 Å². The minimum absolute atomic E-state index is 0.0904. The zero-order valence-corrected chi connectivity index (χ0v) is 11.3. The molecule has 2 fully saturated rings. The van der Waals surface area contributed by atoms with Gasteiger partial charge in [-0.1, -0.05) is 24.3 Å². The van der Waals surface area contributed by atoms with Gasteiger partial charge in [0.2, 0.25) is 5.91 Å². The van der Waals surface area contributed by atoms with Crippen molar-refractivity contribution < 1.29 is 4.79 Å². The fraction of sp³-hybridized carbons (Fsp3) is 0.562. The first-order chi connectivity index (χ1) is 9.26. The van der Waals surface area contributed by atoms with Crippen molar-refractivity contribution in [1.82, 2.24) is 5.32 Å². The third kappa shape index (κ3) is 3.35. The molecular weight excluding hydrogens is 236 g/mol. The maximum absolute atomic E-state index is 12.0. The van der Waals surface area contributed by atoms with Gasteiger partial charge in [-0.2, -0.15) is 0 Å². The summed E-state index contributed by atoms with van der Waals surface area (Å²) in [7, 11) is 0. The Hall–Kier alpha value is -1.35. The Balaban J connectivity index is 1.58. The highest BCUT2D eigenvalue weighted by Gasteiger charge is 2.27. The standard InChI is InChI=1S/C16H22N2O/c17-10-14(16(19)18-15-7-8-15)9-11-1-3-12(4-2-11)13-5-6-13/h1-4,13-15H,5-10,17H2,(H,18,19). The molecule has 2 aliphatic carbocycles. The van der Waals surface area contributed by atoms with Crippen molar-refractivity contribution in [3.05, 3.63) is 35.4 Å². The van der Waals surface area contributed by atoms with Crippen LogP contribution in [0.1, 0.15) is 42.7 Å². The van der Waals surface area contributed by atoms with Crippen molar-refractivity contribution in [1.29, 1.82) is 0 Å². The number of amides is 1. The normalized spacial score (nSPS) is 20.1. The van der Waals surface area contributed by atoms with Crippen molar-refractivity contribution in [2.24, 2.45) is 11.7 Å². The van der Waals surface area contributed by atoms with Gasteiger partial charge in [-0.25, -0.2) is 0 Å². The Labute approximate surface area is 114 Å². The van der Waals surface area contributed by atoms with Gasteiger partial charge in [0.1, 0.15) is 0 Å². The first-order valence-electron chi connectivity index (χ1n) is 7.35. The van der Waals surface area contributed by atoms with Gasteiger partial charge in [0.25, 0.3) is 0 Å². The maximum atomic E-state index is 12.0. The molecule has 3 rings (SSSR count). The highest BCUT2D eigenvalue weighted by Crippen LogP contribution is 2.39. The van der Waals surface area contributed by atoms with Gasteiger partial charge < -0.3 is 11.1 Å². The van der Waals surface area contributed by atoms with Crippen LogP contribution in [0.4, 0.5) is 0 Å². The lowest BCUT2D eigenvalue weighted by molar-refractivity contribution is -0.124. The van der Waals surface area contributed by atoms with Crippen molar-refractivity contribution in [3.63, 3.8) is 0 Å². The van der Waals surface area contributed by atoms with Crippen LogP contribution >= 0.6 is 0 Å². The van der Waals surface area contributed by atoms with E-state index in [9.17, 15) is 4.79 Å². The molecule has 3 heteroatoms. The lowest BCUT2D eigenvalue weighted by Crippen LogP contribution is -2.37. The summed E-state index contributed by atoms with van der Waals surface area (Å²) in [5, 5.41) is 3.05. The Kier molecular flexibility index (Phi) is 3.56. The van der Waals surface area contributed by atoms with Gasteiger partial charge in [0.05, 0.1) is 5.92 Å². The third-order valence-corrected chi connectivity index (χ3v) is 4.09. The van der Waals surface area contributed by atoms with E-state index < -0.39 is 0 Å². The molecule has 0 aliphatic heterocycles. The van der Waals surface area contributed by atoms with Crippen LogP contribution in [0.5, 0.6) is 0 Å². The molecule has 0 radical (unpaired) electrons. The lowest BCUT2D eigenvalue weighted by atomic mass is 9.97. The first-order valence-corrected chi connectivity index (χ1v) is 7.35. The summed E-state index contributed by atoms with van der Waals surface area (Å²) in [4.78, 5) is 12.0. The predicted octanol–water partition coefficient (Wildman–Crippen LogP) is 1.96. The van der Waals surface area contributed by atoms with E-state index in [0.717, 1.165) is 25.2 Å². The number of carbonyl (C=O) groups is 1. The molecule has 0 bridgehead atoms. The van der Waals surface area contributed by atoms with Crippen LogP contribution in [-0.2, 0) is 11.2 Å². The first kappa shape index (κ1) is 12.7. The average molecular weight is 258 g/mol. The molecule has 1 aromatic rings. The van der Waals surface area contributed by atoms with Gasteiger partial charge in [-0.05, 0) is 49.1 Å². The minimum atomic E-state index is -0.0904. The second kappa shape index (κ2) is 5.33. The summed E-state index contributed by atoms with van der Waals surface area (Å²) in [6.45, 7) is 0.420. The molecule has 3 nitrogen and oxygen atoms in total. The number of hydrogen-bond donors (Lipinski definition) is 2. The number of rotatable bonds is 6. The molecule has 1 amide bonds. The number of carbonyl (C=O) groups excluding carboxylic acids is 1. The molecule has 1 unspecified atom stereocenters. The SMILES string of the molecule is NCC(Cc1ccc(C2CC2)cc1)C(=O)NC1CC1. The molecule has 0 heterocycles. The van der Waals surface area contributed by atoms with Crippen molar-refractivity contribution in [2.75, 3.05) is 6.54 Å². The Morgan fingerprint density at radius 1 is 1.21 bits per heavy atom. The van der Waals surface area contributed by atoms with E-state index in [1.807, 2.05) is 0 Å². The molecule has 3 N–H and O–H groups in total. The average Bonchev–Trinajstić information content (AvgIpc) is 3.28. The zero-order chi connectivity index (χ0) is 13.2. The number of nitrogens with two attached hydrogens (primary N) is 1. The highest BCUT2D eigenvalue weighted by molar-refractivity contribution is 5.79. The van der Waals surface area contributed by atoms with E-state index >= 15 is 0 Å². The highest BCUT2D eigenvalue weighted by atomic mass is 16.2. The molecule has 2 saturated carbocycles. The molecule has 1 atom stereocenters. The molecule has 102 valence electrons. The monoisotopic (exact) mass is 258 g/mol. The molecule has 0 spiro atoms.